The molecule has 0 amide bonds. The lowest BCUT2D eigenvalue weighted by molar-refractivity contribution is 0.148. The maximum Gasteiger partial charge on any atom is -0.00205 e. The zero-order chi connectivity index (χ0) is 15.3. The summed E-state index contributed by atoms with van der Waals surface area (Å²) in [5, 5.41) is 3.77. The van der Waals surface area contributed by atoms with E-state index in [1.165, 1.54) is 70.9 Å². The number of hydrogen-bond acceptors (Lipinski definition) is 1. The van der Waals surface area contributed by atoms with Gasteiger partial charge < -0.3 is 5.32 Å². The Morgan fingerprint density at radius 1 is 0.810 bits per heavy atom. The van der Waals surface area contributed by atoms with Gasteiger partial charge in [0.05, 0.1) is 0 Å². The average molecular weight is 294 g/mol. The third-order valence-electron chi connectivity index (χ3n) is 6.37. The van der Waals surface area contributed by atoms with Crippen LogP contribution in [0.4, 0.5) is 0 Å². The van der Waals surface area contributed by atoms with Crippen LogP contribution < -0.4 is 5.32 Å². The van der Waals surface area contributed by atoms with Crippen molar-refractivity contribution in [3.8, 4) is 0 Å². The molecule has 0 unspecified atom stereocenters. The highest BCUT2D eigenvalue weighted by Gasteiger charge is 2.29. The monoisotopic (exact) mass is 293 g/mol. The predicted octanol–water partition coefficient (Wildman–Crippen LogP) is 5.64. The summed E-state index contributed by atoms with van der Waals surface area (Å²) < 4.78 is 0. The van der Waals surface area contributed by atoms with Gasteiger partial charge in [-0.25, -0.2) is 0 Å². The number of nitrogens with one attached hydrogen (secondary N) is 1. The molecule has 1 N–H and O–H groups in total. The first-order valence-corrected chi connectivity index (χ1v) is 9.66. The fraction of sp³-hybridized carbons (Fsp3) is 1.00. The van der Waals surface area contributed by atoms with E-state index in [0.717, 1.165) is 23.7 Å². The second-order valence-corrected chi connectivity index (χ2v) is 9.20. The Kier molecular flexibility index (Phi) is 6.59. The minimum Gasteiger partial charge on any atom is -0.316 e. The van der Waals surface area contributed by atoms with Gasteiger partial charge in [-0.1, -0.05) is 53.4 Å². The fourth-order valence-electron chi connectivity index (χ4n) is 4.46. The van der Waals surface area contributed by atoms with Crippen molar-refractivity contribution in [1.82, 2.24) is 5.32 Å². The normalized spacial score (nSPS) is 34.9. The number of rotatable bonds is 5. The van der Waals surface area contributed by atoms with Gasteiger partial charge in [0.25, 0.3) is 0 Å². The highest BCUT2D eigenvalue weighted by Crippen LogP contribution is 2.39. The zero-order valence-corrected chi connectivity index (χ0v) is 15.1. The van der Waals surface area contributed by atoms with Crippen LogP contribution in [0, 0.1) is 29.1 Å². The molecular formula is C20H39N. The van der Waals surface area contributed by atoms with E-state index in [2.05, 4.69) is 33.0 Å². The fourth-order valence-corrected chi connectivity index (χ4v) is 4.46. The Balaban J connectivity index is 1.52. The predicted molar refractivity (Wildman–Crippen MR) is 93.5 cm³/mol. The molecule has 21 heavy (non-hydrogen) atoms. The lowest BCUT2D eigenvalue weighted by atomic mass is 9.70. The van der Waals surface area contributed by atoms with E-state index >= 15 is 0 Å². The van der Waals surface area contributed by atoms with Crippen molar-refractivity contribution in [3.63, 3.8) is 0 Å². The van der Waals surface area contributed by atoms with Gasteiger partial charge in [0, 0.05) is 0 Å². The van der Waals surface area contributed by atoms with Crippen LogP contribution in [-0.4, -0.2) is 13.1 Å². The van der Waals surface area contributed by atoms with Gasteiger partial charge in [-0.3, -0.25) is 0 Å². The topological polar surface area (TPSA) is 12.0 Å². The molecule has 0 aliphatic heterocycles. The molecule has 0 aromatic heterocycles. The molecule has 0 saturated heterocycles. The number of hydrogen-bond donors (Lipinski definition) is 1. The molecule has 1 heteroatoms. The highest BCUT2D eigenvalue weighted by molar-refractivity contribution is 4.81. The highest BCUT2D eigenvalue weighted by atomic mass is 14.9. The van der Waals surface area contributed by atoms with E-state index in [4.69, 9.17) is 0 Å². The van der Waals surface area contributed by atoms with E-state index in [1.54, 1.807) is 0 Å². The molecule has 0 radical (unpaired) electrons. The van der Waals surface area contributed by atoms with Crippen molar-refractivity contribution in [3.05, 3.63) is 0 Å². The van der Waals surface area contributed by atoms with E-state index in [1.807, 2.05) is 0 Å². The summed E-state index contributed by atoms with van der Waals surface area (Å²) in [6, 6.07) is 0. The second kappa shape index (κ2) is 7.99. The first kappa shape index (κ1) is 17.3. The molecule has 0 aromatic carbocycles. The summed E-state index contributed by atoms with van der Waals surface area (Å²) in [4.78, 5) is 0. The van der Waals surface area contributed by atoms with Gasteiger partial charge in [0.1, 0.15) is 0 Å². The Hall–Kier alpha value is -0.0400. The second-order valence-electron chi connectivity index (χ2n) is 9.20. The van der Waals surface area contributed by atoms with Gasteiger partial charge >= 0.3 is 0 Å². The average Bonchev–Trinajstić information content (AvgIpc) is 2.45. The maximum atomic E-state index is 3.77. The molecule has 0 heterocycles. The lowest BCUT2D eigenvalue weighted by Crippen LogP contribution is -2.31. The van der Waals surface area contributed by atoms with Crippen molar-refractivity contribution in [2.75, 3.05) is 13.1 Å². The summed E-state index contributed by atoms with van der Waals surface area (Å²) in [5.74, 6) is 3.92. The third kappa shape index (κ3) is 5.93. The Bertz CT molecular complexity index is 275. The van der Waals surface area contributed by atoms with Crippen molar-refractivity contribution >= 4 is 0 Å². The van der Waals surface area contributed by atoms with E-state index in [0.29, 0.717) is 5.41 Å². The lowest BCUT2D eigenvalue weighted by Gasteiger charge is -2.37. The van der Waals surface area contributed by atoms with Gasteiger partial charge in [-0.2, -0.15) is 0 Å². The quantitative estimate of drug-likeness (QED) is 0.646. The molecule has 0 aromatic rings. The molecule has 124 valence electrons. The van der Waals surface area contributed by atoms with Crippen LogP contribution in [0.15, 0.2) is 0 Å². The van der Waals surface area contributed by atoms with Crippen molar-refractivity contribution in [1.29, 1.82) is 0 Å². The van der Waals surface area contributed by atoms with E-state index in [-0.39, 0.29) is 0 Å². The van der Waals surface area contributed by atoms with Crippen molar-refractivity contribution in [2.24, 2.45) is 29.1 Å². The van der Waals surface area contributed by atoms with Crippen LogP contribution in [-0.2, 0) is 0 Å². The smallest absolute Gasteiger partial charge is 0.00205 e. The molecule has 0 spiro atoms. The molecule has 2 fully saturated rings. The maximum absolute atomic E-state index is 3.77. The SMILES string of the molecule is CC1CCC(CCNCC2CCC(C(C)(C)C)CC2)CC1. The Morgan fingerprint density at radius 3 is 1.95 bits per heavy atom. The van der Waals surface area contributed by atoms with Gasteiger partial charge in [0.15, 0.2) is 0 Å². The van der Waals surface area contributed by atoms with Gasteiger partial charge in [-0.05, 0) is 74.3 Å². The van der Waals surface area contributed by atoms with Gasteiger partial charge in [0.2, 0.25) is 0 Å². The Morgan fingerprint density at radius 2 is 1.38 bits per heavy atom. The van der Waals surface area contributed by atoms with Crippen LogP contribution in [0.3, 0.4) is 0 Å². The summed E-state index contributed by atoms with van der Waals surface area (Å²) in [5.41, 5.74) is 0.524. The summed E-state index contributed by atoms with van der Waals surface area (Å²) in [6.45, 7) is 12.2. The van der Waals surface area contributed by atoms with E-state index < -0.39 is 0 Å². The van der Waals surface area contributed by atoms with Crippen molar-refractivity contribution < 1.29 is 0 Å². The molecule has 2 aliphatic rings. The summed E-state index contributed by atoms with van der Waals surface area (Å²) >= 11 is 0. The van der Waals surface area contributed by atoms with Crippen LogP contribution in [0.5, 0.6) is 0 Å². The van der Waals surface area contributed by atoms with Crippen LogP contribution >= 0.6 is 0 Å². The first-order chi connectivity index (χ1) is 9.95. The zero-order valence-electron chi connectivity index (χ0n) is 15.1. The first-order valence-electron chi connectivity index (χ1n) is 9.66. The largest absolute Gasteiger partial charge is 0.316 e. The van der Waals surface area contributed by atoms with Crippen molar-refractivity contribution in [2.45, 2.75) is 85.5 Å². The molecular weight excluding hydrogens is 254 g/mol. The minimum atomic E-state index is 0.524. The van der Waals surface area contributed by atoms with E-state index in [9.17, 15) is 0 Å². The molecule has 2 rings (SSSR count). The molecule has 0 bridgehead atoms. The summed E-state index contributed by atoms with van der Waals surface area (Å²) in [6.07, 6.45) is 13.2. The van der Waals surface area contributed by atoms with Crippen LogP contribution in [0.1, 0.15) is 85.5 Å². The standard InChI is InChI=1S/C20H39N/c1-16-5-7-17(8-6-16)13-14-21-15-18-9-11-19(12-10-18)20(2,3)4/h16-19,21H,5-15H2,1-4H3. The minimum absolute atomic E-state index is 0.524. The third-order valence-corrected chi connectivity index (χ3v) is 6.37. The molecule has 1 nitrogen and oxygen atoms in total. The molecule has 2 aliphatic carbocycles. The van der Waals surface area contributed by atoms with Crippen LogP contribution in [0.25, 0.3) is 0 Å². The Labute approximate surface area is 133 Å². The molecule has 2 saturated carbocycles. The summed E-state index contributed by atoms with van der Waals surface area (Å²) in [7, 11) is 0. The molecule has 0 atom stereocenters. The van der Waals surface area contributed by atoms with Crippen LogP contribution in [0.2, 0.25) is 0 Å². The van der Waals surface area contributed by atoms with Gasteiger partial charge in [-0.15, -0.1) is 0 Å².